The molecule has 0 fully saturated rings. The average molecular weight is 275 g/mol. The van der Waals surface area contributed by atoms with Crippen LogP contribution in [0.3, 0.4) is 0 Å². The van der Waals surface area contributed by atoms with Gasteiger partial charge in [-0.25, -0.2) is 9.59 Å². The zero-order valence-corrected chi connectivity index (χ0v) is 11.0. The van der Waals surface area contributed by atoms with Gasteiger partial charge in [0.1, 0.15) is 6.04 Å². The molecule has 2 amide bonds. The van der Waals surface area contributed by atoms with Gasteiger partial charge >= 0.3 is 12.1 Å². The lowest BCUT2D eigenvalue weighted by molar-refractivity contribution is -0.139. The maximum absolute atomic E-state index is 10.8. The lowest BCUT2D eigenvalue weighted by Crippen LogP contribution is -2.40. The summed E-state index contributed by atoms with van der Waals surface area (Å²) in [7, 11) is 1.79. The minimum atomic E-state index is -1.35. The summed E-state index contributed by atoms with van der Waals surface area (Å²) < 4.78 is 0. The molecule has 0 aromatic rings. The summed E-state index contributed by atoms with van der Waals surface area (Å²) in [6.45, 7) is 1.82. The van der Waals surface area contributed by atoms with E-state index in [1.807, 2.05) is 5.32 Å². The molecule has 0 radical (unpaired) electrons. The molecule has 0 rings (SSSR count). The van der Waals surface area contributed by atoms with Gasteiger partial charge in [0.05, 0.1) is 0 Å². The highest BCUT2D eigenvalue weighted by Crippen LogP contribution is 2.03. The number of hydrogen-bond acceptors (Lipinski definition) is 4. The number of amides is 2. The Morgan fingerprint density at radius 3 is 2.42 bits per heavy atom. The smallest absolute Gasteiger partial charge is 0.405 e. The molecule has 0 aromatic heterocycles. The molecule has 0 aliphatic heterocycles. The number of likely N-dealkylation sites (N-methyl/N-ethyl adjacent to an activating group) is 1. The van der Waals surface area contributed by atoms with Crippen LogP contribution in [0.4, 0.5) is 4.79 Å². The molecule has 0 aromatic carbocycles. The summed E-state index contributed by atoms with van der Waals surface area (Å²) in [5.74, 6) is -1.19. The van der Waals surface area contributed by atoms with E-state index in [4.69, 9.17) is 10.2 Å². The standard InChI is InChI=1S/C11H21N3O5/c1-12-5-7-14(8-15)6-3-2-4-9(10(16)17)13-11(18)19/h8-9,12-13H,2-7H2,1H3,(H,16,17)(H,18,19). The van der Waals surface area contributed by atoms with Gasteiger partial charge in [0.25, 0.3) is 0 Å². The first-order valence-corrected chi connectivity index (χ1v) is 6.07. The quantitative estimate of drug-likeness (QED) is 0.300. The van der Waals surface area contributed by atoms with Crippen LogP contribution in [-0.4, -0.2) is 66.3 Å². The van der Waals surface area contributed by atoms with Crippen molar-refractivity contribution in [2.75, 3.05) is 26.7 Å². The van der Waals surface area contributed by atoms with Gasteiger partial charge in [0.15, 0.2) is 0 Å². The highest BCUT2D eigenvalue weighted by molar-refractivity contribution is 5.78. The van der Waals surface area contributed by atoms with E-state index < -0.39 is 18.1 Å². The SMILES string of the molecule is CNCCN(C=O)CCCCC(NC(=O)O)C(=O)O. The molecule has 1 unspecified atom stereocenters. The number of carboxylic acid groups (broad SMARTS) is 2. The molecule has 1 atom stereocenters. The topological polar surface area (TPSA) is 119 Å². The Balaban J connectivity index is 3.88. The number of carboxylic acids is 1. The molecule has 4 N–H and O–H groups in total. The normalized spacial score (nSPS) is 11.6. The third kappa shape index (κ3) is 8.83. The van der Waals surface area contributed by atoms with Crippen LogP contribution in [0, 0.1) is 0 Å². The number of aliphatic carboxylic acids is 1. The second-order valence-electron chi connectivity index (χ2n) is 4.08. The van der Waals surface area contributed by atoms with Crippen molar-refractivity contribution in [2.45, 2.75) is 25.3 Å². The van der Waals surface area contributed by atoms with Crippen LogP contribution in [0.15, 0.2) is 0 Å². The average Bonchev–Trinajstić information content (AvgIpc) is 2.35. The van der Waals surface area contributed by atoms with Crippen molar-refractivity contribution in [3.8, 4) is 0 Å². The second-order valence-corrected chi connectivity index (χ2v) is 4.08. The number of nitrogens with zero attached hydrogens (tertiary/aromatic N) is 1. The Bertz CT molecular complexity index is 298. The van der Waals surface area contributed by atoms with Crippen LogP contribution in [0.25, 0.3) is 0 Å². The van der Waals surface area contributed by atoms with Gasteiger partial charge in [-0.05, 0) is 26.3 Å². The Labute approximate surface area is 111 Å². The summed E-state index contributed by atoms with van der Waals surface area (Å²) in [6.07, 6.45) is 0.771. The first-order chi connectivity index (χ1) is 9.01. The van der Waals surface area contributed by atoms with Crippen LogP contribution in [0.2, 0.25) is 0 Å². The minimum absolute atomic E-state index is 0.209. The molecule has 0 saturated carbocycles. The van der Waals surface area contributed by atoms with Crippen LogP contribution < -0.4 is 10.6 Å². The maximum Gasteiger partial charge on any atom is 0.405 e. The van der Waals surface area contributed by atoms with Gasteiger partial charge in [-0.15, -0.1) is 0 Å². The zero-order chi connectivity index (χ0) is 14.7. The largest absolute Gasteiger partial charge is 0.480 e. The number of rotatable bonds is 11. The van der Waals surface area contributed by atoms with Crippen LogP contribution >= 0.6 is 0 Å². The third-order valence-corrected chi connectivity index (χ3v) is 2.58. The first-order valence-electron chi connectivity index (χ1n) is 6.07. The van der Waals surface area contributed by atoms with Gasteiger partial charge in [0, 0.05) is 19.6 Å². The summed E-state index contributed by atoms with van der Waals surface area (Å²) in [6, 6.07) is -1.10. The van der Waals surface area contributed by atoms with Crippen molar-refractivity contribution in [3.63, 3.8) is 0 Å². The van der Waals surface area contributed by atoms with E-state index in [2.05, 4.69) is 5.32 Å². The Morgan fingerprint density at radius 2 is 1.95 bits per heavy atom. The molecule has 110 valence electrons. The molecular weight excluding hydrogens is 254 g/mol. The summed E-state index contributed by atoms with van der Waals surface area (Å²) in [4.78, 5) is 33.4. The van der Waals surface area contributed by atoms with E-state index in [9.17, 15) is 14.4 Å². The molecule has 19 heavy (non-hydrogen) atoms. The fraction of sp³-hybridized carbons (Fsp3) is 0.727. The molecule has 0 aliphatic rings. The maximum atomic E-state index is 10.8. The summed E-state index contributed by atoms with van der Waals surface area (Å²) in [5.41, 5.74) is 0. The van der Waals surface area contributed by atoms with Crippen LogP contribution in [-0.2, 0) is 9.59 Å². The molecular formula is C11H21N3O5. The number of hydrogen-bond donors (Lipinski definition) is 4. The summed E-state index contributed by atoms with van der Waals surface area (Å²) in [5, 5.41) is 22.1. The van der Waals surface area contributed by atoms with Crippen molar-refractivity contribution in [3.05, 3.63) is 0 Å². The second kappa shape index (κ2) is 10.1. The predicted octanol–water partition coefficient (Wildman–Crippen LogP) is -0.445. The number of nitrogens with one attached hydrogen (secondary N) is 2. The van der Waals surface area contributed by atoms with Gasteiger partial charge in [-0.2, -0.15) is 0 Å². The molecule has 0 heterocycles. The van der Waals surface area contributed by atoms with Crippen molar-refractivity contribution < 1.29 is 24.6 Å². The van der Waals surface area contributed by atoms with Crippen LogP contribution in [0.1, 0.15) is 19.3 Å². The highest BCUT2D eigenvalue weighted by atomic mass is 16.4. The molecule has 0 spiro atoms. The minimum Gasteiger partial charge on any atom is -0.480 e. The van der Waals surface area contributed by atoms with E-state index in [1.165, 1.54) is 0 Å². The van der Waals surface area contributed by atoms with Gasteiger partial charge in [-0.1, -0.05) is 0 Å². The zero-order valence-electron chi connectivity index (χ0n) is 11.0. The molecule has 8 nitrogen and oxygen atoms in total. The van der Waals surface area contributed by atoms with E-state index in [-0.39, 0.29) is 6.42 Å². The molecule has 8 heteroatoms. The summed E-state index contributed by atoms with van der Waals surface area (Å²) >= 11 is 0. The number of carbonyl (C=O) groups excluding carboxylic acids is 1. The fourth-order valence-corrected chi connectivity index (χ4v) is 1.54. The Kier molecular flexibility index (Phi) is 9.15. The van der Waals surface area contributed by atoms with E-state index in [0.29, 0.717) is 32.5 Å². The van der Waals surface area contributed by atoms with Crippen molar-refractivity contribution in [1.82, 2.24) is 15.5 Å². The Morgan fingerprint density at radius 1 is 1.26 bits per heavy atom. The van der Waals surface area contributed by atoms with Crippen molar-refractivity contribution in [2.24, 2.45) is 0 Å². The van der Waals surface area contributed by atoms with Crippen molar-refractivity contribution >= 4 is 18.5 Å². The van der Waals surface area contributed by atoms with E-state index in [1.54, 1.807) is 11.9 Å². The monoisotopic (exact) mass is 275 g/mol. The van der Waals surface area contributed by atoms with E-state index in [0.717, 1.165) is 6.41 Å². The number of carbonyl (C=O) groups is 3. The first kappa shape index (κ1) is 17.2. The van der Waals surface area contributed by atoms with Gasteiger partial charge in [-0.3, -0.25) is 4.79 Å². The molecule has 0 saturated heterocycles. The van der Waals surface area contributed by atoms with Crippen LogP contribution in [0.5, 0.6) is 0 Å². The lowest BCUT2D eigenvalue weighted by atomic mass is 10.1. The third-order valence-electron chi connectivity index (χ3n) is 2.58. The van der Waals surface area contributed by atoms with Crippen molar-refractivity contribution in [1.29, 1.82) is 0 Å². The predicted molar refractivity (Wildman–Crippen MR) is 68.0 cm³/mol. The number of unbranched alkanes of at least 4 members (excludes halogenated alkanes) is 1. The Hall–Kier alpha value is -1.83. The molecule has 0 aliphatic carbocycles. The highest BCUT2D eigenvalue weighted by Gasteiger charge is 2.18. The molecule has 0 bridgehead atoms. The van der Waals surface area contributed by atoms with E-state index >= 15 is 0 Å². The van der Waals surface area contributed by atoms with Gasteiger partial charge in [0.2, 0.25) is 6.41 Å². The van der Waals surface area contributed by atoms with Gasteiger partial charge < -0.3 is 25.7 Å². The fourth-order valence-electron chi connectivity index (χ4n) is 1.54. The lowest BCUT2D eigenvalue weighted by Gasteiger charge is -2.17.